The van der Waals surface area contributed by atoms with Crippen LogP contribution in [-0.4, -0.2) is 9.55 Å². The summed E-state index contributed by atoms with van der Waals surface area (Å²) in [5, 5.41) is 2.27. The molecule has 8 aromatic rings. The number of para-hydroxylation sites is 1. The first-order valence-electron chi connectivity index (χ1n) is 24.1. The van der Waals surface area contributed by atoms with Crippen molar-refractivity contribution in [2.24, 2.45) is 5.41 Å². The Labute approximate surface area is 426 Å². The molecule has 6 aromatic carbocycles. The molecule has 0 N–H and O–H groups in total. The van der Waals surface area contributed by atoms with Gasteiger partial charge in [0, 0.05) is 61.1 Å². The molecule has 0 fully saturated rings. The van der Waals surface area contributed by atoms with Crippen molar-refractivity contribution in [1.29, 1.82) is 0 Å². The van der Waals surface area contributed by atoms with Crippen molar-refractivity contribution in [3.8, 4) is 28.4 Å². The van der Waals surface area contributed by atoms with E-state index in [1.54, 1.807) is 0 Å². The maximum absolute atomic E-state index is 7.21. The Balaban J connectivity index is 0.00000642. The molecule has 0 saturated carbocycles. The summed E-state index contributed by atoms with van der Waals surface area (Å²) in [6.45, 7) is 34.2. The SMILES string of the molecule is CC(C)(C)C1=CN(c2cc(C(C)(C)C)cc(C(C)(C)C)c2)[CH-]N1c1[c-]c(Oc2[c-]c3c(c(C(C)(C)c4ccccc4)c2)c2ccccc2n3-c2cc(C(C)(C)C)ccn2)cc(-c2ccccc2)c1.[Pt]. The Morgan fingerprint density at radius 3 is 1.75 bits per heavy atom. The van der Waals surface area contributed by atoms with Crippen molar-refractivity contribution in [2.45, 2.75) is 119 Å². The maximum atomic E-state index is 7.21. The number of rotatable bonds is 8. The van der Waals surface area contributed by atoms with Crippen LogP contribution in [0.4, 0.5) is 11.4 Å². The summed E-state index contributed by atoms with van der Waals surface area (Å²) in [5.74, 6) is 2.05. The van der Waals surface area contributed by atoms with Gasteiger partial charge in [-0.3, -0.25) is 0 Å². The number of pyridine rings is 1. The standard InChI is InChI=1S/C63H67N4O.Pt/c1-59(2,3)45-29-30-64-57(36-45)67-54-28-22-21-27-52(54)58-53(63(13,14)44-25-19-16-20-26-44)38-51(39-55(58)67)68-50-32-43(42-23-17-15-18-24-42)31-49(37-50)66-41-65(40-56(66)62(10,11)12)48-34-46(60(4,5)6)33-47(35-48)61(7,8)9;/h15-36,38,40-41H,1-14H3;/q-3;. The van der Waals surface area contributed by atoms with E-state index in [9.17, 15) is 0 Å². The maximum Gasteiger partial charge on any atom is 0.135 e. The van der Waals surface area contributed by atoms with Crippen LogP contribution in [-0.2, 0) is 42.7 Å². The Kier molecular flexibility index (Phi) is 13.0. The molecule has 0 saturated heterocycles. The molecule has 0 amide bonds. The quantitative estimate of drug-likeness (QED) is 0.142. The zero-order valence-corrected chi connectivity index (χ0v) is 45.2. The van der Waals surface area contributed by atoms with Gasteiger partial charge in [-0.15, -0.1) is 53.8 Å². The van der Waals surface area contributed by atoms with E-state index in [-0.39, 0.29) is 42.7 Å². The van der Waals surface area contributed by atoms with Crippen LogP contribution in [0.2, 0.25) is 0 Å². The minimum atomic E-state index is -0.416. The molecule has 9 rings (SSSR count). The predicted octanol–water partition coefficient (Wildman–Crippen LogP) is 16.8. The summed E-state index contributed by atoms with van der Waals surface area (Å²) in [6.07, 6.45) is 4.22. The van der Waals surface area contributed by atoms with E-state index in [0.717, 1.165) is 61.4 Å². The van der Waals surface area contributed by atoms with Gasteiger partial charge in [-0.2, -0.15) is 0 Å². The van der Waals surface area contributed by atoms with Gasteiger partial charge in [0.05, 0.1) is 0 Å². The molecule has 0 atom stereocenters. The second kappa shape index (κ2) is 18.1. The van der Waals surface area contributed by atoms with Crippen LogP contribution in [0.3, 0.4) is 0 Å². The van der Waals surface area contributed by atoms with Gasteiger partial charge in [0.15, 0.2) is 0 Å². The minimum Gasteiger partial charge on any atom is -0.509 e. The minimum absolute atomic E-state index is 0. The Bertz CT molecular complexity index is 3160. The summed E-state index contributed by atoms with van der Waals surface area (Å²) in [6, 6.07) is 55.6. The molecule has 358 valence electrons. The largest absolute Gasteiger partial charge is 0.509 e. The van der Waals surface area contributed by atoms with Gasteiger partial charge < -0.3 is 19.1 Å². The van der Waals surface area contributed by atoms with E-state index in [1.165, 1.54) is 22.3 Å². The third kappa shape index (κ3) is 9.82. The van der Waals surface area contributed by atoms with Gasteiger partial charge >= 0.3 is 0 Å². The number of ether oxygens (including phenoxy) is 1. The van der Waals surface area contributed by atoms with Crippen molar-refractivity contribution < 1.29 is 25.8 Å². The van der Waals surface area contributed by atoms with Gasteiger partial charge in [0.2, 0.25) is 0 Å². The average molecular weight is 1090 g/mol. The molecule has 1 aliphatic rings. The smallest absolute Gasteiger partial charge is 0.135 e. The second-order valence-electron chi connectivity index (χ2n) is 23.3. The number of hydrogen-bond acceptors (Lipinski definition) is 4. The van der Waals surface area contributed by atoms with Gasteiger partial charge in [-0.05, 0) is 91.4 Å². The van der Waals surface area contributed by atoms with Crippen molar-refractivity contribution >= 4 is 33.2 Å². The van der Waals surface area contributed by atoms with Crippen molar-refractivity contribution in [2.75, 3.05) is 9.80 Å². The Morgan fingerprint density at radius 2 is 1.13 bits per heavy atom. The van der Waals surface area contributed by atoms with E-state index >= 15 is 0 Å². The molecule has 69 heavy (non-hydrogen) atoms. The van der Waals surface area contributed by atoms with E-state index in [0.29, 0.717) is 11.5 Å². The van der Waals surface area contributed by atoms with Crippen molar-refractivity contribution in [3.63, 3.8) is 0 Å². The van der Waals surface area contributed by atoms with Crippen LogP contribution in [0, 0.1) is 24.2 Å². The molecule has 3 heterocycles. The first-order chi connectivity index (χ1) is 32.0. The molecular weight excluding hydrogens is 1020 g/mol. The van der Waals surface area contributed by atoms with Gasteiger partial charge in [0.25, 0.3) is 0 Å². The van der Waals surface area contributed by atoms with Crippen LogP contribution in [0.25, 0.3) is 38.8 Å². The van der Waals surface area contributed by atoms with Crippen molar-refractivity contribution in [3.05, 3.63) is 198 Å². The number of allylic oxidation sites excluding steroid dienone is 1. The summed E-state index contributed by atoms with van der Waals surface area (Å²) < 4.78 is 9.47. The molecular formula is C63H67N4OPt-3. The van der Waals surface area contributed by atoms with E-state index in [1.807, 2.05) is 6.20 Å². The summed E-state index contributed by atoms with van der Waals surface area (Å²) in [5.41, 5.74) is 12.7. The van der Waals surface area contributed by atoms with E-state index in [2.05, 4.69) is 270 Å². The first-order valence-corrected chi connectivity index (χ1v) is 24.1. The number of aromatic nitrogens is 2. The molecule has 0 bridgehead atoms. The third-order valence-corrected chi connectivity index (χ3v) is 13.6. The van der Waals surface area contributed by atoms with Gasteiger partial charge in [-0.25, -0.2) is 4.98 Å². The normalized spacial score (nSPS) is 13.8. The zero-order valence-electron chi connectivity index (χ0n) is 42.9. The molecule has 0 radical (unpaired) electrons. The number of anilines is 2. The van der Waals surface area contributed by atoms with Gasteiger partial charge in [0.1, 0.15) is 5.82 Å². The molecule has 5 nitrogen and oxygen atoms in total. The molecule has 1 aliphatic heterocycles. The molecule has 0 unspecified atom stereocenters. The van der Waals surface area contributed by atoms with Crippen LogP contribution in [0.1, 0.15) is 125 Å². The number of hydrogen-bond donors (Lipinski definition) is 0. The third-order valence-electron chi connectivity index (χ3n) is 13.6. The Morgan fingerprint density at radius 1 is 0.536 bits per heavy atom. The average Bonchev–Trinajstić information content (AvgIpc) is 3.90. The number of fused-ring (bicyclic) bond motifs is 3. The summed E-state index contributed by atoms with van der Waals surface area (Å²) in [7, 11) is 0. The fourth-order valence-electron chi connectivity index (χ4n) is 9.35. The monoisotopic (exact) mass is 1090 g/mol. The fourth-order valence-corrected chi connectivity index (χ4v) is 9.35. The molecule has 0 spiro atoms. The number of benzene rings is 6. The van der Waals surface area contributed by atoms with Gasteiger partial charge in [-0.1, -0.05) is 193 Å². The predicted molar refractivity (Wildman–Crippen MR) is 286 cm³/mol. The number of nitrogens with zero attached hydrogens (tertiary/aromatic N) is 4. The molecule has 6 heteroatoms. The van der Waals surface area contributed by atoms with Crippen LogP contribution >= 0.6 is 0 Å². The molecule has 2 aromatic heterocycles. The van der Waals surface area contributed by atoms with Crippen LogP contribution in [0.15, 0.2) is 152 Å². The second-order valence-corrected chi connectivity index (χ2v) is 23.3. The van der Waals surface area contributed by atoms with Crippen molar-refractivity contribution in [1.82, 2.24) is 9.55 Å². The van der Waals surface area contributed by atoms with E-state index < -0.39 is 5.41 Å². The summed E-state index contributed by atoms with van der Waals surface area (Å²) >= 11 is 0. The topological polar surface area (TPSA) is 33.5 Å². The molecule has 0 aliphatic carbocycles. The Hall–Kier alpha value is -5.90. The van der Waals surface area contributed by atoms with E-state index in [4.69, 9.17) is 9.72 Å². The summed E-state index contributed by atoms with van der Waals surface area (Å²) in [4.78, 5) is 9.61. The van der Waals surface area contributed by atoms with Crippen LogP contribution in [0.5, 0.6) is 11.5 Å². The zero-order chi connectivity index (χ0) is 48.6. The fraction of sp³-hybridized carbons (Fsp3) is 0.302. The first kappa shape index (κ1) is 49.5. The van der Waals surface area contributed by atoms with Crippen LogP contribution < -0.4 is 14.5 Å².